The van der Waals surface area contributed by atoms with Crippen LogP contribution in [0.5, 0.6) is 0 Å². The number of nitrogens with one attached hydrogen (secondary N) is 2. The van der Waals surface area contributed by atoms with E-state index in [1.54, 1.807) is 50.5 Å². The van der Waals surface area contributed by atoms with E-state index < -0.39 is 12.1 Å². The second kappa shape index (κ2) is 8.59. The molecule has 0 bridgehead atoms. The third-order valence-electron chi connectivity index (χ3n) is 3.99. The normalized spacial score (nSPS) is 12.1. The Balaban J connectivity index is 2.03. The summed E-state index contributed by atoms with van der Waals surface area (Å²) in [6, 6.07) is 8.19. The van der Waals surface area contributed by atoms with Gasteiger partial charge in [-0.2, -0.15) is 5.10 Å². The number of aliphatic hydroxyl groups is 1. The average Bonchev–Trinajstić information content (AvgIpc) is 3.05. The van der Waals surface area contributed by atoms with Crippen molar-refractivity contribution in [1.82, 2.24) is 20.1 Å². The van der Waals surface area contributed by atoms with Crippen molar-refractivity contribution in [1.29, 1.82) is 0 Å². The minimum absolute atomic E-state index is 0.215. The second-order valence-corrected chi connectivity index (χ2v) is 7.56. The van der Waals surface area contributed by atoms with Crippen molar-refractivity contribution in [3.8, 4) is 5.82 Å². The molecule has 1 amide bonds. The number of amides is 1. The van der Waals surface area contributed by atoms with E-state index in [1.807, 2.05) is 0 Å². The van der Waals surface area contributed by atoms with E-state index >= 15 is 0 Å². The first-order valence-electron chi connectivity index (χ1n) is 8.15. The van der Waals surface area contributed by atoms with Crippen LogP contribution in [-0.4, -0.2) is 32.8 Å². The van der Waals surface area contributed by atoms with Crippen LogP contribution in [0.1, 0.15) is 27.8 Å². The molecule has 0 spiro atoms. The van der Waals surface area contributed by atoms with E-state index in [0.717, 1.165) is 0 Å². The highest BCUT2D eigenvalue weighted by Crippen LogP contribution is 2.30. The number of anilines is 1. The summed E-state index contributed by atoms with van der Waals surface area (Å²) in [7, 11) is 1.60. The van der Waals surface area contributed by atoms with Gasteiger partial charge in [0, 0.05) is 22.8 Å². The molecule has 3 N–H and O–H groups in total. The minimum Gasteiger partial charge on any atom is -0.374 e. The Labute approximate surface area is 179 Å². The molecule has 0 radical (unpaired) electrons. The highest BCUT2D eigenvalue weighted by atomic mass is 79.9. The zero-order chi connectivity index (χ0) is 20.4. The van der Waals surface area contributed by atoms with E-state index in [9.17, 15) is 9.90 Å². The fraction of sp³-hybridized carbons (Fsp3) is 0.167. The summed E-state index contributed by atoms with van der Waals surface area (Å²) in [5.74, 6) is -0.127. The van der Waals surface area contributed by atoms with Gasteiger partial charge in [0.15, 0.2) is 5.82 Å². The van der Waals surface area contributed by atoms with E-state index in [4.69, 9.17) is 23.2 Å². The van der Waals surface area contributed by atoms with Crippen LogP contribution in [0.25, 0.3) is 5.82 Å². The van der Waals surface area contributed by atoms with Crippen LogP contribution in [-0.2, 0) is 0 Å². The number of aryl methyl sites for hydroxylation is 1. The standard InChI is InChI=1S/C18H16BrCl2N5O2/c1-9-6-10(20)7-11(17(27)22-2)15(9)24-18(28)13-8-14(19)25-26(13)16-12(21)4-3-5-23-16/h3-8,17,22,27H,1-2H3,(H,24,28). The number of carbonyl (C=O) groups is 1. The molecule has 28 heavy (non-hydrogen) atoms. The lowest BCUT2D eigenvalue weighted by Crippen LogP contribution is -2.22. The van der Waals surface area contributed by atoms with E-state index in [-0.39, 0.29) is 5.69 Å². The first kappa shape index (κ1) is 20.8. The number of hydrogen-bond donors (Lipinski definition) is 3. The summed E-state index contributed by atoms with van der Waals surface area (Å²) < 4.78 is 1.80. The first-order chi connectivity index (χ1) is 13.3. The lowest BCUT2D eigenvalue weighted by molar-refractivity contribution is 0.101. The van der Waals surface area contributed by atoms with Crippen molar-refractivity contribution in [3.05, 3.63) is 68.0 Å². The predicted molar refractivity (Wildman–Crippen MR) is 112 cm³/mol. The van der Waals surface area contributed by atoms with Gasteiger partial charge in [-0.05, 0) is 59.7 Å². The van der Waals surface area contributed by atoms with Gasteiger partial charge in [-0.3, -0.25) is 10.1 Å². The molecule has 7 nitrogen and oxygen atoms in total. The number of nitrogens with zero attached hydrogens (tertiary/aromatic N) is 3. The van der Waals surface area contributed by atoms with Gasteiger partial charge in [-0.1, -0.05) is 23.2 Å². The second-order valence-electron chi connectivity index (χ2n) is 5.91. The average molecular weight is 485 g/mol. The van der Waals surface area contributed by atoms with Crippen molar-refractivity contribution in [2.24, 2.45) is 0 Å². The highest BCUT2D eigenvalue weighted by Gasteiger charge is 2.22. The van der Waals surface area contributed by atoms with Gasteiger partial charge in [0.05, 0.1) is 10.7 Å². The largest absolute Gasteiger partial charge is 0.374 e. The molecule has 10 heteroatoms. The Morgan fingerprint density at radius 2 is 2.07 bits per heavy atom. The van der Waals surface area contributed by atoms with Crippen LogP contribution in [0, 0.1) is 6.92 Å². The first-order valence-corrected chi connectivity index (χ1v) is 9.70. The molecule has 146 valence electrons. The van der Waals surface area contributed by atoms with Crippen molar-refractivity contribution < 1.29 is 9.90 Å². The maximum Gasteiger partial charge on any atom is 0.274 e. The van der Waals surface area contributed by atoms with Crippen LogP contribution < -0.4 is 10.6 Å². The van der Waals surface area contributed by atoms with Crippen molar-refractivity contribution in [3.63, 3.8) is 0 Å². The van der Waals surface area contributed by atoms with Crippen molar-refractivity contribution in [2.75, 3.05) is 12.4 Å². The van der Waals surface area contributed by atoms with Gasteiger partial charge >= 0.3 is 0 Å². The van der Waals surface area contributed by atoms with Crippen LogP contribution in [0.15, 0.2) is 41.1 Å². The molecule has 1 unspecified atom stereocenters. The number of hydrogen-bond acceptors (Lipinski definition) is 5. The molecule has 0 fully saturated rings. The molecular weight excluding hydrogens is 469 g/mol. The molecule has 0 aliphatic heterocycles. The Morgan fingerprint density at radius 3 is 2.75 bits per heavy atom. The Kier molecular flexibility index (Phi) is 6.36. The van der Waals surface area contributed by atoms with Gasteiger partial charge in [0.1, 0.15) is 16.5 Å². The summed E-state index contributed by atoms with van der Waals surface area (Å²) in [5.41, 5.74) is 1.81. The highest BCUT2D eigenvalue weighted by molar-refractivity contribution is 9.10. The van der Waals surface area contributed by atoms with Crippen molar-refractivity contribution >= 4 is 50.7 Å². The van der Waals surface area contributed by atoms with Crippen LogP contribution >= 0.6 is 39.1 Å². The number of carbonyl (C=O) groups excluding carboxylic acids is 1. The Bertz CT molecular complexity index is 1040. The summed E-state index contributed by atoms with van der Waals surface area (Å²) in [6.45, 7) is 1.79. The molecule has 3 rings (SSSR count). The zero-order valence-electron chi connectivity index (χ0n) is 14.9. The monoisotopic (exact) mass is 483 g/mol. The number of aliphatic hydroxyl groups excluding tert-OH is 1. The fourth-order valence-corrected chi connectivity index (χ4v) is 3.56. The summed E-state index contributed by atoms with van der Waals surface area (Å²) in [6.07, 6.45) is 0.554. The van der Waals surface area contributed by atoms with Crippen LogP contribution in [0.4, 0.5) is 5.69 Å². The maximum atomic E-state index is 13.0. The molecule has 0 aliphatic rings. The van der Waals surface area contributed by atoms with Crippen LogP contribution in [0.3, 0.4) is 0 Å². The number of pyridine rings is 1. The Hall–Kier alpha value is -1.97. The van der Waals surface area contributed by atoms with Gasteiger partial charge in [-0.15, -0.1) is 0 Å². The van der Waals surface area contributed by atoms with Gasteiger partial charge in [-0.25, -0.2) is 9.67 Å². The summed E-state index contributed by atoms with van der Waals surface area (Å²) >= 11 is 15.6. The zero-order valence-corrected chi connectivity index (χ0v) is 18.0. The Morgan fingerprint density at radius 1 is 1.32 bits per heavy atom. The lowest BCUT2D eigenvalue weighted by Gasteiger charge is -2.18. The van der Waals surface area contributed by atoms with Gasteiger partial charge in [0.25, 0.3) is 5.91 Å². The molecule has 2 aromatic heterocycles. The van der Waals surface area contributed by atoms with E-state index in [1.165, 1.54) is 4.68 Å². The third-order valence-corrected chi connectivity index (χ3v) is 4.89. The van der Waals surface area contributed by atoms with Gasteiger partial charge in [0.2, 0.25) is 0 Å². The number of benzene rings is 1. The molecule has 2 heterocycles. The quantitative estimate of drug-likeness (QED) is 0.474. The molecular formula is C18H16BrCl2N5O2. The molecule has 1 atom stereocenters. The molecule has 1 aromatic carbocycles. The van der Waals surface area contributed by atoms with E-state index in [2.05, 4.69) is 36.6 Å². The predicted octanol–water partition coefficient (Wildman–Crippen LogP) is 4.11. The van der Waals surface area contributed by atoms with Gasteiger partial charge < -0.3 is 10.4 Å². The minimum atomic E-state index is -1.01. The smallest absolute Gasteiger partial charge is 0.274 e. The number of aromatic nitrogens is 3. The summed E-state index contributed by atoms with van der Waals surface area (Å²) in [5, 5.41) is 20.9. The molecule has 0 saturated heterocycles. The summed E-state index contributed by atoms with van der Waals surface area (Å²) in [4.78, 5) is 17.2. The number of halogens is 3. The van der Waals surface area contributed by atoms with Crippen molar-refractivity contribution in [2.45, 2.75) is 13.2 Å². The lowest BCUT2D eigenvalue weighted by atomic mass is 10.1. The maximum absolute atomic E-state index is 13.0. The SMILES string of the molecule is CNC(O)c1cc(Cl)cc(C)c1NC(=O)c1cc(Br)nn1-c1ncccc1Cl. The third kappa shape index (κ3) is 4.21. The fourth-order valence-electron chi connectivity index (χ4n) is 2.70. The molecule has 0 aliphatic carbocycles. The van der Waals surface area contributed by atoms with Crippen LogP contribution in [0.2, 0.25) is 10.0 Å². The topological polar surface area (TPSA) is 92.1 Å². The number of rotatable bonds is 5. The van der Waals surface area contributed by atoms with E-state index in [0.29, 0.717) is 37.3 Å². The molecule has 0 saturated carbocycles. The molecule has 3 aromatic rings.